The molecular formula is C50H100O14. The van der Waals surface area contributed by atoms with Gasteiger partial charge in [0.1, 0.15) is 6.61 Å². The number of ether oxygens (including phenoxy) is 13. The van der Waals surface area contributed by atoms with E-state index in [2.05, 4.69) is 13.8 Å². The van der Waals surface area contributed by atoms with Crippen LogP contribution in [0.15, 0.2) is 0 Å². The van der Waals surface area contributed by atoms with Crippen molar-refractivity contribution in [2.45, 2.75) is 155 Å². The van der Waals surface area contributed by atoms with Crippen LogP contribution >= 0.6 is 0 Å². The molecule has 0 fully saturated rings. The molecule has 0 saturated heterocycles. The summed E-state index contributed by atoms with van der Waals surface area (Å²) in [6.07, 6.45) is 28.0. The van der Waals surface area contributed by atoms with Gasteiger partial charge < -0.3 is 61.6 Å². The van der Waals surface area contributed by atoms with Crippen LogP contribution in [0, 0.1) is 0 Å². The van der Waals surface area contributed by atoms with Crippen molar-refractivity contribution in [2.75, 3.05) is 165 Å². The first-order valence-electron chi connectivity index (χ1n) is 25.9. The van der Waals surface area contributed by atoms with Crippen LogP contribution in [0.5, 0.6) is 0 Å². The van der Waals surface area contributed by atoms with Crippen molar-refractivity contribution in [1.29, 1.82) is 0 Å². The van der Waals surface area contributed by atoms with Gasteiger partial charge in [-0.15, -0.1) is 0 Å². The van der Waals surface area contributed by atoms with Crippen molar-refractivity contribution in [3.05, 3.63) is 0 Å². The highest BCUT2D eigenvalue weighted by molar-refractivity contribution is 5.69. The molecule has 0 radical (unpaired) electrons. The van der Waals surface area contributed by atoms with E-state index < -0.39 is 0 Å². The Balaban J connectivity index is 3.09. The zero-order chi connectivity index (χ0) is 46.0. The second-order valence-electron chi connectivity index (χ2n) is 16.0. The molecule has 64 heavy (non-hydrogen) atoms. The number of carbonyl (C=O) groups excluding carboxylic acids is 1. The van der Waals surface area contributed by atoms with Gasteiger partial charge in [-0.3, -0.25) is 4.79 Å². The van der Waals surface area contributed by atoms with Gasteiger partial charge in [0.05, 0.1) is 152 Å². The Kier molecular flexibility index (Phi) is 59.1. The second-order valence-corrected chi connectivity index (χ2v) is 16.0. The maximum absolute atomic E-state index is 11.7. The van der Waals surface area contributed by atoms with Gasteiger partial charge in [0, 0.05) is 13.0 Å². The molecule has 0 atom stereocenters. The second kappa shape index (κ2) is 60.0. The first kappa shape index (κ1) is 63.0. The van der Waals surface area contributed by atoms with Crippen molar-refractivity contribution in [3.63, 3.8) is 0 Å². The van der Waals surface area contributed by atoms with E-state index in [4.69, 9.17) is 61.6 Å². The number of hydrogen-bond acceptors (Lipinski definition) is 14. The largest absolute Gasteiger partial charge is 0.463 e. The monoisotopic (exact) mass is 925 g/mol. The minimum Gasteiger partial charge on any atom is -0.463 e. The van der Waals surface area contributed by atoms with E-state index in [9.17, 15) is 4.79 Å². The average molecular weight is 925 g/mol. The summed E-state index contributed by atoms with van der Waals surface area (Å²) in [6.45, 7) is 17.4. The van der Waals surface area contributed by atoms with Crippen molar-refractivity contribution in [2.24, 2.45) is 0 Å². The maximum Gasteiger partial charge on any atom is 0.305 e. The maximum atomic E-state index is 11.7. The summed E-state index contributed by atoms with van der Waals surface area (Å²) in [5.41, 5.74) is 0. The molecule has 0 N–H and O–H groups in total. The molecule has 0 aliphatic rings. The summed E-state index contributed by atoms with van der Waals surface area (Å²) >= 11 is 0. The minimum atomic E-state index is -0.140. The Morgan fingerprint density at radius 3 is 0.656 bits per heavy atom. The Morgan fingerprint density at radius 1 is 0.219 bits per heavy atom. The van der Waals surface area contributed by atoms with Crippen LogP contribution in [0.4, 0.5) is 0 Å². The lowest BCUT2D eigenvalue weighted by atomic mass is 10.0. The smallest absolute Gasteiger partial charge is 0.305 e. The summed E-state index contributed by atoms with van der Waals surface area (Å²) in [4.78, 5) is 11.7. The lowest BCUT2D eigenvalue weighted by Crippen LogP contribution is -2.15. The third kappa shape index (κ3) is 59.0. The summed E-state index contributed by atoms with van der Waals surface area (Å²) in [5, 5.41) is 0. The first-order chi connectivity index (χ1) is 31.8. The summed E-state index contributed by atoms with van der Waals surface area (Å²) in [6, 6.07) is 0. The highest BCUT2D eigenvalue weighted by Crippen LogP contribution is 2.13. The molecule has 0 saturated carbocycles. The molecule has 0 aromatic rings. The van der Waals surface area contributed by atoms with Crippen LogP contribution in [0.3, 0.4) is 0 Å². The molecule has 0 aromatic heterocycles. The van der Waals surface area contributed by atoms with E-state index in [1.165, 1.54) is 116 Å². The Bertz CT molecular complexity index is 842. The third-order valence-electron chi connectivity index (χ3n) is 10.2. The van der Waals surface area contributed by atoms with Gasteiger partial charge in [-0.05, 0) is 12.8 Å². The molecule has 384 valence electrons. The standard InChI is InChI=1S/C50H100O14/c1-3-5-7-9-11-12-13-14-15-16-17-19-21-23-25-52-26-27-53-28-29-54-30-31-55-32-33-56-34-35-57-36-37-58-38-39-59-40-41-60-42-43-61-44-45-62-46-47-63-48-49-64-50(51)24-22-20-18-10-8-6-4-2/h3-49H2,1-2H3. The Hall–Kier alpha value is -1.01. The first-order valence-corrected chi connectivity index (χ1v) is 25.9. The molecule has 0 bridgehead atoms. The predicted molar refractivity (Wildman–Crippen MR) is 254 cm³/mol. The predicted octanol–water partition coefficient (Wildman–Crippen LogP) is 9.35. The SMILES string of the molecule is CCCCCCCCCCCCCCCCOCCOCCOCCOCCOCCOCCOCCOCCOCCOCCOCCOCCOC(=O)CCCCCCCCC. The quantitative estimate of drug-likeness (QED) is 0.0423. The summed E-state index contributed by atoms with van der Waals surface area (Å²) in [7, 11) is 0. The lowest BCUT2D eigenvalue weighted by molar-refractivity contribution is -0.145. The molecule has 0 amide bonds. The van der Waals surface area contributed by atoms with E-state index >= 15 is 0 Å². The molecule has 0 spiro atoms. The molecule has 14 nitrogen and oxygen atoms in total. The van der Waals surface area contributed by atoms with Gasteiger partial charge in [0.2, 0.25) is 0 Å². The van der Waals surface area contributed by atoms with Crippen LogP contribution in [0.2, 0.25) is 0 Å². The van der Waals surface area contributed by atoms with Crippen molar-refractivity contribution in [3.8, 4) is 0 Å². The van der Waals surface area contributed by atoms with Crippen LogP contribution in [-0.2, 0) is 66.4 Å². The van der Waals surface area contributed by atoms with Gasteiger partial charge in [-0.25, -0.2) is 0 Å². The molecular weight excluding hydrogens is 825 g/mol. The van der Waals surface area contributed by atoms with Gasteiger partial charge >= 0.3 is 5.97 Å². The highest BCUT2D eigenvalue weighted by Gasteiger charge is 2.03. The lowest BCUT2D eigenvalue weighted by Gasteiger charge is -2.09. The molecule has 0 rings (SSSR count). The molecule has 0 aliphatic carbocycles. The molecule has 0 heterocycles. The van der Waals surface area contributed by atoms with E-state index in [0.717, 1.165) is 25.9 Å². The number of esters is 1. The van der Waals surface area contributed by atoms with E-state index in [1.807, 2.05) is 0 Å². The van der Waals surface area contributed by atoms with Crippen LogP contribution < -0.4 is 0 Å². The molecule has 0 aromatic carbocycles. The van der Waals surface area contributed by atoms with Gasteiger partial charge in [0.15, 0.2) is 0 Å². The number of carbonyl (C=O) groups is 1. The Morgan fingerprint density at radius 2 is 0.406 bits per heavy atom. The van der Waals surface area contributed by atoms with Crippen LogP contribution in [0.1, 0.15) is 155 Å². The molecule has 0 aliphatic heterocycles. The normalized spacial score (nSPS) is 11.6. The van der Waals surface area contributed by atoms with Gasteiger partial charge in [0.25, 0.3) is 0 Å². The van der Waals surface area contributed by atoms with E-state index in [0.29, 0.717) is 158 Å². The molecule has 0 unspecified atom stereocenters. The van der Waals surface area contributed by atoms with E-state index in [1.54, 1.807) is 0 Å². The Labute approximate surface area is 391 Å². The fourth-order valence-electron chi connectivity index (χ4n) is 6.43. The van der Waals surface area contributed by atoms with Crippen LogP contribution in [-0.4, -0.2) is 171 Å². The topological polar surface area (TPSA) is 137 Å². The van der Waals surface area contributed by atoms with Crippen molar-refractivity contribution >= 4 is 5.97 Å². The third-order valence-corrected chi connectivity index (χ3v) is 10.2. The van der Waals surface area contributed by atoms with Crippen molar-refractivity contribution in [1.82, 2.24) is 0 Å². The van der Waals surface area contributed by atoms with Gasteiger partial charge in [-0.2, -0.15) is 0 Å². The number of rotatable bonds is 59. The fraction of sp³-hybridized carbons (Fsp3) is 0.980. The zero-order valence-electron chi connectivity index (χ0n) is 41.4. The van der Waals surface area contributed by atoms with Crippen LogP contribution in [0.25, 0.3) is 0 Å². The van der Waals surface area contributed by atoms with Crippen molar-refractivity contribution < 1.29 is 66.4 Å². The summed E-state index contributed by atoms with van der Waals surface area (Å²) in [5.74, 6) is -0.140. The summed E-state index contributed by atoms with van der Waals surface area (Å²) < 4.78 is 71.6. The minimum absolute atomic E-state index is 0.140. The highest BCUT2D eigenvalue weighted by atomic mass is 16.6. The van der Waals surface area contributed by atoms with E-state index in [-0.39, 0.29) is 12.6 Å². The zero-order valence-corrected chi connectivity index (χ0v) is 41.4. The van der Waals surface area contributed by atoms with Gasteiger partial charge in [-0.1, -0.05) is 136 Å². The number of unbranched alkanes of at least 4 members (excludes halogenated alkanes) is 19. The fourth-order valence-corrected chi connectivity index (χ4v) is 6.43. The number of hydrogen-bond donors (Lipinski definition) is 0. The molecule has 14 heteroatoms. The average Bonchev–Trinajstić information content (AvgIpc) is 3.30.